The number of nitrogens with zero attached hydrogens (tertiary/aromatic N) is 1. The van der Waals surface area contributed by atoms with Crippen LogP contribution in [0.1, 0.15) is 12.0 Å². The van der Waals surface area contributed by atoms with E-state index in [4.69, 9.17) is 9.62 Å². The van der Waals surface area contributed by atoms with Crippen LogP contribution in [-0.2, 0) is 15.2 Å². The number of para-hydroxylation sites is 1. The minimum Gasteiger partial charge on any atom is -0.355 e. The lowest BCUT2D eigenvalue weighted by Crippen LogP contribution is -2.41. The summed E-state index contributed by atoms with van der Waals surface area (Å²) < 4.78 is 5.61. The molecule has 15 heavy (non-hydrogen) atoms. The second kappa shape index (κ2) is 2.95. The molecule has 1 aromatic carbocycles. The number of likely N-dealkylation sites (N-methyl/N-ethyl adjacent to an activating group) is 1. The molecular weight excluding hydrogens is 194 g/mol. The van der Waals surface area contributed by atoms with Crippen molar-refractivity contribution in [3.8, 4) is 0 Å². The molecule has 2 aliphatic heterocycles. The maximum atomic E-state index is 9.18. The summed E-state index contributed by atoms with van der Waals surface area (Å²) in [6.45, 7) is 0.615. The van der Waals surface area contributed by atoms with E-state index in [1.807, 2.05) is 36.2 Å². The summed E-state index contributed by atoms with van der Waals surface area (Å²) in [5.41, 5.74) is 1.39. The van der Waals surface area contributed by atoms with Gasteiger partial charge in [0.05, 0.1) is 6.61 Å². The van der Waals surface area contributed by atoms with Gasteiger partial charge in [0.1, 0.15) is 0 Å². The van der Waals surface area contributed by atoms with Gasteiger partial charge in [0.25, 0.3) is 0 Å². The standard InChI is InChI=1S/C11H13NO3/c1-12-9-5-3-2-4-8(9)11(15-13)6-7-14-10(11)12/h2-5,10,13H,6-7H2,1H3. The third-order valence-corrected chi connectivity index (χ3v) is 3.40. The molecule has 1 fully saturated rings. The van der Waals surface area contributed by atoms with Gasteiger partial charge in [-0.2, -0.15) is 0 Å². The predicted octanol–water partition coefficient (Wildman–Crippen LogP) is 1.57. The third-order valence-electron chi connectivity index (χ3n) is 3.40. The van der Waals surface area contributed by atoms with E-state index < -0.39 is 5.60 Å². The van der Waals surface area contributed by atoms with Gasteiger partial charge in [-0.1, -0.05) is 18.2 Å². The molecule has 2 heterocycles. The number of fused-ring (bicyclic) bond motifs is 3. The highest BCUT2D eigenvalue weighted by molar-refractivity contribution is 5.62. The van der Waals surface area contributed by atoms with Gasteiger partial charge in [-0.15, -0.1) is 0 Å². The van der Waals surface area contributed by atoms with Gasteiger partial charge >= 0.3 is 0 Å². The molecular formula is C11H13NO3. The number of anilines is 1. The number of hydrogen-bond acceptors (Lipinski definition) is 4. The van der Waals surface area contributed by atoms with Crippen molar-refractivity contribution < 1.29 is 14.9 Å². The average Bonchev–Trinajstić information content (AvgIpc) is 2.80. The highest BCUT2D eigenvalue weighted by Crippen LogP contribution is 2.50. The van der Waals surface area contributed by atoms with Crippen LogP contribution in [-0.4, -0.2) is 25.1 Å². The lowest BCUT2D eigenvalue weighted by atomic mass is 9.93. The summed E-state index contributed by atoms with van der Waals surface area (Å²) in [5.74, 6) is 0. The Kier molecular flexibility index (Phi) is 1.80. The second-order valence-electron chi connectivity index (χ2n) is 4.08. The van der Waals surface area contributed by atoms with Gasteiger partial charge in [-0.25, -0.2) is 4.89 Å². The van der Waals surface area contributed by atoms with Gasteiger partial charge in [0, 0.05) is 24.7 Å². The first-order valence-corrected chi connectivity index (χ1v) is 5.06. The van der Waals surface area contributed by atoms with E-state index in [0.29, 0.717) is 13.0 Å². The summed E-state index contributed by atoms with van der Waals surface area (Å²) >= 11 is 0. The first-order chi connectivity index (χ1) is 7.29. The summed E-state index contributed by atoms with van der Waals surface area (Å²) in [5, 5.41) is 9.18. The van der Waals surface area contributed by atoms with E-state index in [2.05, 4.69) is 0 Å². The largest absolute Gasteiger partial charge is 0.355 e. The van der Waals surface area contributed by atoms with Crippen molar-refractivity contribution >= 4 is 5.69 Å². The smallest absolute Gasteiger partial charge is 0.177 e. The van der Waals surface area contributed by atoms with E-state index in [1.165, 1.54) is 0 Å². The molecule has 3 rings (SSSR count). The highest BCUT2D eigenvalue weighted by atomic mass is 17.1. The number of ether oxygens (including phenoxy) is 1. The SMILES string of the molecule is CN1c2ccccc2C2(OO)CCOC12. The molecule has 4 heteroatoms. The Bertz CT molecular complexity index is 395. The molecule has 1 saturated heterocycles. The van der Waals surface area contributed by atoms with Crippen molar-refractivity contribution in [1.29, 1.82) is 0 Å². The molecule has 4 nitrogen and oxygen atoms in total. The molecule has 80 valence electrons. The molecule has 1 aromatic rings. The van der Waals surface area contributed by atoms with Crippen LogP contribution in [0, 0.1) is 0 Å². The zero-order valence-electron chi connectivity index (χ0n) is 8.51. The Balaban J connectivity index is 2.20. The van der Waals surface area contributed by atoms with Crippen LogP contribution in [0.3, 0.4) is 0 Å². The molecule has 2 unspecified atom stereocenters. The Hall–Kier alpha value is -1.10. The van der Waals surface area contributed by atoms with E-state index in [0.717, 1.165) is 11.3 Å². The summed E-state index contributed by atoms with van der Waals surface area (Å²) in [6, 6.07) is 7.92. The zero-order valence-corrected chi connectivity index (χ0v) is 8.51. The Labute approximate surface area is 88.0 Å². The quantitative estimate of drug-likeness (QED) is 0.560. The van der Waals surface area contributed by atoms with Crippen LogP contribution in [0.4, 0.5) is 5.69 Å². The van der Waals surface area contributed by atoms with Gasteiger partial charge in [-0.3, -0.25) is 5.26 Å². The molecule has 0 bridgehead atoms. The molecule has 0 amide bonds. The maximum absolute atomic E-state index is 9.18. The lowest BCUT2D eigenvalue weighted by molar-refractivity contribution is -0.336. The van der Waals surface area contributed by atoms with Crippen LogP contribution in [0.25, 0.3) is 0 Å². The minimum atomic E-state index is -0.689. The van der Waals surface area contributed by atoms with E-state index in [1.54, 1.807) is 0 Å². The van der Waals surface area contributed by atoms with Crippen molar-refractivity contribution in [2.24, 2.45) is 0 Å². The molecule has 0 spiro atoms. The lowest BCUT2D eigenvalue weighted by Gasteiger charge is -2.26. The zero-order chi connectivity index (χ0) is 10.5. The Morgan fingerprint density at radius 1 is 1.53 bits per heavy atom. The van der Waals surface area contributed by atoms with Crippen LogP contribution < -0.4 is 4.90 Å². The number of rotatable bonds is 1. The Morgan fingerprint density at radius 3 is 3.13 bits per heavy atom. The van der Waals surface area contributed by atoms with Crippen molar-refractivity contribution in [2.75, 3.05) is 18.6 Å². The van der Waals surface area contributed by atoms with Crippen LogP contribution in [0.15, 0.2) is 24.3 Å². The van der Waals surface area contributed by atoms with Crippen LogP contribution >= 0.6 is 0 Å². The topological polar surface area (TPSA) is 41.9 Å². The molecule has 2 aliphatic rings. The molecule has 2 atom stereocenters. The average molecular weight is 207 g/mol. The van der Waals surface area contributed by atoms with Gasteiger partial charge in [0.15, 0.2) is 11.8 Å². The van der Waals surface area contributed by atoms with Crippen molar-refractivity contribution in [1.82, 2.24) is 0 Å². The molecule has 0 saturated carbocycles. The normalized spacial score (nSPS) is 32.9. The van der Waals surface area contributed by atoms with E-state index in [-0.39, 0.29) is 6.23 Å². The first-order valence-electron chi connectivity index (χ1n) is 5.06. The number of hydrogen-bond donors (Lipinski definition) is 1. The third kappa shape index (κ3) is 0.963. The fourth-order valence-corrected chi connectivity index (χ4v) is 2.68. The van der Waals surface area contributed by atoms with Crippen molar-refractivity contribution in [3.05, 3.63) is 29.8 Å². The summed E-state index contributed by atoms with van der Waals surface area (Å²) in [4.78, 5) is 6.77. The molecule has 0 aliphatic carbocycles. The molecule has 0 radical (unpaired) electrons. The van der Waals surface area contributed by atoms with Gasteiger partial charge < -0.3 is 9.64 Å². The number of benzene rings is 1. The van der Waals surface area contributed by atoms with Gasteiger partial charge in [0.2, 0.25) is 0 Å². The maximum Gasteiger partial charge on any atom is 0.177 e. The minimum absolute atomic E-state index is 0.208. The van der Waals surface area contributed by atoms with Crippen LogP contribution in [0.5, 0.6) is 0 Å². The fraction of sp³-hybridized carbons (Fsp3) is 0.455. The highest BCUT2D eigenvalue weighted by Gasteiger charge is 2.56. The summed E-state index contributed by atoms with van der Waals surface area (Å²) in [6.07, 6.45) is 0.482. The molecule has 1 N–H and O–H groups in total. The fourth-order valence-electron chi connectivity index (χ4n) is 2.68. The first kappa shape index (κ1) is 9.15. The van der Waals surface area contributed by atoms with Crippen molar-refractivity contribution in [2.45, 2.75) is 18.2 Å². The second-order valence-corrected chi connectivity index (χ2v) is 4.08. The van der Waals surface area contributed by atoms with Crippen molar-refractivity contribution in [3.63, 3.8) is 0 Å². The van der Waals surface area contributed by atoms with Gasteiger partial charge in [-0.05, 0) is 6.07 Å². The Morgan fingerprint density at radius 2 is 2.33 bits per heavy atom. The van der Waals surface area contributed by atoms with Crippen LogP contribution in [0.2, 0.25) is 0 Å². The summed E-state index contributed by atoms with van der Waals surface area (Å²) in [7, 11) is 1.95. The van der Waals surface area contributed by atoms with E-state index >= 15 is 0 Å². The monoisotopic (exact) mass is 207 g/mol. The molecule has 0 aromatic heterocycles. The van der Waals surface area contributed by atoms with E-state index in [9.17, 15) is 5.26 Å². The predicted molar refractivity (Wildman–Crippen MR) is 54.6 cm³/mol.